The number of carboxylic acids is 2. The highest BCUT2D eigenvalue weighted by atomic mass is 35.5. The van der Waals surface area contributed by atoms with Gasteiger partial charge in [0.25, 0.3) is 0 Å². The molecule has 0 saturated carbocycles. The van der Waals surface area contributed by atoms with Crippen molar-refractivity contribution >= 4 is 29.3 Å². The first-order valence-electron chi connectivity index (χ1n) is 8.61. The fourth-order valence-corrected chi connectivity index (χ4v) is 3.01. The Labute approximate surface area is 175 Å². The third-order valence-corrected chi connectivity index (χ3v) is 4.32. The Bertz CT molecular complexity index is 1150. The largest absolute Gasteiger partial charge is 0.478 e. The summed E-state index contributed by atoms with van der Waals surface area (Å²) in [5, 5.41) is 16.2. The van der Waals surface area contributed by atoms with Crippen molar-refractivity contribution in [2.75, 3.05) is 0 Å². The SMILES string of the molecule is Fc1ccccc1C1=NCc2cncn2-c2ccc(Cl)cc21.O=C(O)C=CC(=O)O. The Kier molecular flexibility index (Phi) is 6.38. The van der Waals surface area contributed by atoms with Gasteiger partial charge in [-0.2, -0.15) is 0 Å². The van der Waals surface area contributed by atoms with Crippen LogP contribution in [-0.4, -0.2) is 37.4 Å². The van der Waals surface area contributed by atoms with E-state index >= 15 is 0 Å². The van der Waals surface area contributed by atoms with Crippen LogP contribution in [0.1, 0.15) is 16.8 Å². The molecule has 0 atom stereocenters. The van der Waals surface area contributed by atoms with Gasteiger partial charge in [0.2, 0.25) is 0 Å². The molecule has 152 valence electrons. The number of aliphatic carboxylic acids is 2. The molecule has 9 heteroatoms. The molecule has 0 spiro atoms. The summed E-state index contributed by atoms with van der Waals surface area (Å²) >= 11 is 6.15. The zero-order valence-electron chi connectivity index (χ0n) is 15.4. The highest BCUT2D eigenvalue weighted by Crippen LogP contribution is 2.28. The Morgan fingerprint density at radius 1 is 1.07 bits per heavy atom. The quantitative estimate of drug-likeness (QED) is 0.620. The zero-order valence-corrected chi connectivity index (χ0v) is 16.1. The number of imidazole rings is 1. The van der Waals surface area contributed by atoms with Gasteiger partial charge in [-0.05, 0) is 30.3 Å². The predicted octanol–water partition coefficient (Wildman–Crippen LogP) is 3.73. The molecule has 30 heavy (non-hydrogen) atoms. The van der Waals surface area contributed by atoms with Crippen LogP contribution in [0.4, 0.5) is 4.39 Å². The number of aliphatic imine (C=N–C) groups is 1. The highest BCUT2D eigenvalue weighted by Gasteiger charge is 2.20. The lowest BCUT2D eigenvalue weighted by Gasteiger charge is -2.12. The van der Waals surface area contributed by atoms with Gasteiger partial charge in [-0.3, -0.25) is 4.99 Å². The van der Waals surface area contributed by atoms with Crippen LogP contribution in [-0.2, 0) is 16.1 Å². The van der Waals surface area contributed by atoms with Crippen LogP contribution < -0.4 is 0 Å². The molecule has 3 aromatic rings. The molecule has 2 aromatic carbocycles. The van der Waals surface area contributed by atoms with Crippen molar-refractivity contribution in [3.8, 4) is 5.69 Å². The number of nitrogens with zero attached hydrogens (tertiary/aromatic N) is 3. The second-order valence-electron chi connectivity index (χ2n) is 6.07. The number of hydrogen-bond donors (Lipinski definition) is 2. The fourth-order valence-electron chi connectivity index (χ4n) is 2.84. The number of halogens is 2. The van der Waals surface area contributed by atoms with Gasteiger partial charge in [0.05, 0.1) is 36.2 Å². The van der Waals surface area contributed by atoms with Crippen LogP contribution in [0, 0.1) is 5.82 Å². The summed E-state index contributed by atoms with van der Waals surface area (Å²) in [5.41, 5.74) is 3.74. The molecule has 0 bridgehead atoms. The minimum Gasteiger partial charge on any atom is -0.478 e. The molecular weight excluding hydrogens is 413 g/mol. The molecule has 1 aliphatic heterocycles. The molecule has 0 aliphatic carbocycles. The van der Waals surface area contributed by atoms with Gasteiger partial charge in [0.1, 0.15) is 5.82 Å². The molecule has 2 heterocycles. The summed E-state index contributed by atoms with van der Waals surface area (Å²) in [5.74, 6) is -2.81. The summed E-state index contributed by atoms with van der Waals surface area (Å²) in [6.07, 6.45) is 4.62. The summed E-state index contributed by atoms with van der Waals surface area (Å²) in [4.78, 5) is 27.9. The maximum atomic E-state index is 14.2. The van der Waals surface area contributed by atoms with E-state index in [1.807, 2.05) is 22.8 Å². The predicted molar refractivity (Wildman–Crippen MR) is 109 cm³/mol. The van der Waals surface area contributed by atoms with E-state index in [0.717, 1.165) is 16.9 Å². The molecule has 1 aromatic heterocycles. The Hall–Kier alpha value is -3.78. The fraction of sp³-hybridized carbons (Fsp3) is 0.0476. The maximum Gasteiger partial charge on any atom is 0.328 e. The van der Waals surface area contributed by atoms with E-state index in [9.17, 15) is 14.0 Å². The summed E-state index contributed by atoms with van der Waals surface area (Å²) in [6.45, 7) is 0.440. The lowest BCUT2D eigenvalue weighted by atomic mass is 10.00. The van der Waals surface area contributed by atoms with Crippen LogP contribution in [0.5, 0.6) is 0 Å². The molecule has 0 amide bonds. The van der Waals surface area contributed by atoms with Crippen molar-refractivity contribution in [3.63, 3.8) is 0 Å². The number of carboxylic acid groups (broad SMARTS) is 2. The smallest absolute Gasteiger partial charge is 0.328 e. The van der Waals surface area contributed by atoms with Crippen LogP contribution in [0.2, 0.25) is 5.02 Å². The number of benzene rings is 2. The van der Waals surface area contributed by atoms with Gasteiger partial charge < -0.3 is 14.8 Å². The van der Waals surface area contributed by atoms with Crippen molar-refractivity contribution in [2.24, 2.45) is 4.99 Å². The second kappa shape index (κ2) is 9.15. The van der Waals surface area contributed by atoms with E-state index in [-0.39, 0.29) is 5.82 Å². The third-order valence-electron chi connectivity index (χ3n) is 4.09. The average molecular weight is 428 g/mol. The average Bonchev–Trinajstić information content (AvgIpc) is 3.11. The first kappa shape index (κ1) is 20.9. The molecule has 0 saturated heterocycles. The van der Waals surface area contributed by atoms with E-state index in [1.165, 1.54) is 6.07 Å². The number of rotatable bonds is 3. The number of carbonyl (C=O) groups is 2. The molecule has 0 radical (unpaired) electrons. The normalized spacial score (nSPS) is 12.1. The van der Waals surface area contributed by atoms with E-state index in [2.05, 4.69) is 9.98 Å². The first-order chi connectivity index (χ1) is 14.4. The van der Waals surface area contributed by atoms with E-state index in [4.69, 9.17) is 21.8 Å². The molecule has 7 nitrogen and oxygen atoms in total. The van der Waals surface area contributed by atoms with Crippen molar-refractivity contribution < 1.29 is 24.2 Å². The molecule has 4 rings (SSSR count). The monoisotopic (exact) mass is 427 g/mol. The molecule has 1 aliphatic rings. The van der Waals surface area contributed by atoms with Gasteiger partial charge in [-0.1, -0.05) is 23.7 Å². The number of hydrogen-bond acceptors (Lipinski definition) is 4. The van der Waals surface area contributed by atoms with Crippen molar-refractivity contribution in [1.82, 2.24) is 9.55 Å². The topological polar surface area (TPSA) is 105 Å². The standard InChI is InChI=1S/C17H11ClFN3.C4H4O4/c18-11-5-6-16-14(7-11)17(13-3-1-2-4-15(13)19)21-9-12-8-20-10-22(12)16;5-3(6)1-2-4(7)8/h1-8,10H,9H2;1-2H,(H,5,6)(H,7,8). The van der Waals surface area contributed by atoms with Gasteiger partial charge in [0.15, 0.2) is 0 Å². The van der Waals surface area contributed by atoms with Gasteiger partial charge in [-0.25, -0.2) is 19.0 Å². The first-order valence-corrected chi connectivity index (χ1v) is 8.99. The second-order valence-corrected chi connectivity index (χ2v) is 6.51. The van der Waals surface area contributed by atoms with Crippen LogP contribution >= 0.6 is 11.6 Å². The van der Waals surface area contributed by atoms with E-state index in [0.29, 0.717) is 35.0 Å². The summed E-state index contributed by atoms with van der Waals surface area (Å²) < 4.78 is 16.2. The van der Waals surface area contributed by atoms with Crippen molar-refractivity contribution in [1.29, 1.82) is 0 Å². The van der Waals surface area contributed by atoms with Crippen LogP contribution in [0.25, 0.3) is 5.69 Å². The van der Waals surface area contributed by atoms with E-state index in [1.54, 1.807) is 30.7 Å². The Morgan fingerprint density at radius 2 is 1.77 bits per heavy atom. The molecule has 2 N–H and O–H groups in total. The zero-order chi connectivity index (χ0) is 21.7. The lowest BCUT2D eigenvalue weighted by molar-refractivity contribution is -0.134. The molecule has 0 unspecified atom stereocenters. The summed E-state index contributed by atoms with van der Waals surface area (Å²) in [7, 11) is 0. The maximum absolute atomic E-state index is 14.2. The number of aromatic nitrogens is 2. The number of fused-ring (bicyclic) bond motifs is 3. The minimum absolute atomic E-state index is 0.295. The molecule has 0 fully saturated rings. The molecular formula is C21H15ClFN3O4. The Balaban J connectivity index is 0.000000275. The minimum atomic E-state index is -1.26. The Morgan fingerprint density at radius 3 is 2.43 bits per heavy atom. The van der Waals surface area contributed by atoms with Gasteiger partial charge in [-0.15, -0.1) is 0 Å². The van der Waals surface area contributed by atoms with Gasteiger partial charge in [0, 0.05) is 28.3 Å². The lowest BCUT2D eigenvalue weighted by Crippen LogP contribution is -2.08. The van der Waals surface area contributed by atoms with Crippen molar-refractivity contribution in [2.45, 2.75) is 6.54 Å². The van der Waals surface area contributed by atoms with Crippen molar-refractivity contribution in [3.05, 3.63) is 94.8 Å². The van der Waals surface area contributed by atoms with Crippen LogP contribution in [0.3, 0.4) is 0 Å². The highest BCUT2D eigenvalue weighted by molar-refractivity contribution is 6.31. The van der Waals surface area contributed by atoms with E-state index < -0.39 is 11.9 Å². The van der Waals surface area contributed by atoms with Gasteiger partial charge >= 0.3 is 11.9 Å². The third kappa shape index (κ3) is 4.79. The summed E-state index contributed by atoms with van der Waals surface area (Å²) in [6, 6.07) is 12.2. The van der Waals surface area contributed by atoms with Crippen LogP contribution in [0.15, 0.2) is 72.1 Å².